The van der Waals surface area contributed by atoms with E-state index >= 15 is 0 Å². The van der Waals surface area contributed by atoms with E-state index in [-0.39, 0.29) is 0 Å². The second-order valence-corrected chi connectivity index (χ2v) is 5.57. The molecule has 1 aliphatic rings. The number of benzene rings is 1. The minimum absolute atomic E-state index is 0.715. The van der Waals surface area contributed by atoms with Crippen LogP contribution in [0.4, 0.5) is 5.69 Å². The third kappa shape index (κ3) is 2.58. The first-order valence-electron chi connectivity index (χ1n) is 5.94. The highest BCUT2D eigenvalue weighted by Crippen LogP contribution is 2.29. The second kappa shape index (κ2) is 5.19. The maximum atomic E-state index is 5.67. The van der Waals surface area contributed by atoms with Crippen molar-refractivity contribution in [3.8, 4) is 0 Å². The van der Waals surface area contributed by atoms with Crippen molar-refractivity contribution in [3.63, 3.8) is 0 Å². The molecule has 2 nitrogen and oxygen atoms in total. The van der Waals surface area contributed by atoms with E-state index in [1.165, 1.54) is 30.8 Å². The predicted molar refractivity (Wildman–Crippen MR) is 72.9 cm³/mol. The maximum Gasteiger partial charge on any atom is 0.0400 e. The van der Waals surface area contributed by atoms with Crippen LogP contribution < -0.4 is 10.6 Å². The average molecular weight is 283 g/mol. The van der Waals surface area contributed by atoms with Crippen LogP contribution in [0.1, 0.15) is 18.9 Å². The third-order valence-corrected chi connectivity index (χ3v) is 3.71. The molecule has 1 atom stereocenters. The largest absolute Gasteiger partial charge is 0.371 e. The van der Waals surface area contributed by atoms with Gasteiger partial charge in [-0.25, -0.2) is 0 Å². The normalized spacial score (nSPS) is 20.4. The van der Waals surface area contributed by atoms with Crippen molar-refractivity contribution in [2.45, 2.75) is 19.8 Å². The number of anilines is 1. The van der Waals surface area contributed by atoms with Gasteiger partial charge in [0, 0.05) is 23.2 Å². The van der Waals surface area contributed by atoms with E-state index in [0.717, 1.165) is 16.8 Å². The molecule has 0 aromatic heterocycles. The predicted octanol–water partition coefficient (Wildman–Crippen LogP) is 2.80. The molecule has 1 aromatic rings. The second-order valence-electron chi connectivity index (χ2n) is 4.65. The zero-order valence-electron chi connectivity index (χ0n) is 9.75. The summed E-state index contributed by atoms with van der Waals surface area (Å²) in [6, 6.07) is 6.54. The van der Waals surface area contributed by atoms with Crippen LogP contribution in [-0.4, -0.2) is 19.6 Å². The smallest absolute Gasteiger partial charge is 0.0400 e. The molecule has 16 heavy (non-hydrogen) atoms. The molecule has 0 spiro atoms. The molecule has 1 aliphatic heterocycles. The lowest BCUT2D eigenvalue weighted by atomic mass is 10.1. The molecule has 2 N–H and O–H groups in total. The molecule has 3 heteroatoms. The average Bonchev–Trinajstić information content (AvgIpc) is 2.65. The minimum Gasteiger partial charge on any atom is -0.371 e. The molecule has 0 aliphatic carbocycles. The first kappa shape index (κ1) is 11.9. The Labute approximate surface area is 106 Å². The van der Waals surface area contributed by atoms with Crippen molar-refractivity contribution in [2.75, 3.05) is 24.5 Å². The molecule has 1 saturated heterocycles. The molecule has 1 fully saturated rings. The molecule has 0 amide bonds. The van der Waals surface area contributed by atoms with Gasteiger partial charge in [0.15, 0.2) is 0 Å². The Balaban J connectivity index is 2.25. The van der Waals surface area contributed by atoms with Crippen LogP contribution in [0.3, 0.4) is 0 Å². The van der Waals surface area contributed by atoms with Gasteiger partial charge in [-0.1, -0.05) is 22.9 Å². The van der Waals surface area contributed by atoms with Gasteiger partial charge in [-0.15, -0.1) is 0 Å². The summed E-state index contributed by atoms with van der Waals surface area (Å²) in [4.78, 5) is 2.49. The Morgan fingerprint density at radius 1 is 1.50 bits per heavy atom. The Kier molecular flexibility index (Phi) is 3.87. The van der Waals surface area contributed by atoms with Crippen LogP contribution in [0, 0.1) is 5.92 Å². The van der Waals surface area contributed by atoms with E-state index in [1.807, 2.05) is 0 Å². The topological polar surface area (TPSA) is 29.3 Å². The summed E-state index contributed by atoms with van der Waals surface area (Å²) < 4.78 is 1.15. The molecule has 0 radical (unpaired) electrons. The molecular weight excluding hydrogens is 264 g/mol. The van der Waals surface area contributed by atoms with E-state index in [2.05, 4.69) is 46.0 Å². The van der Waals surface area contributed by atoms with Gasteiger partial charge in [-0.2, -0.15) is 0 Å². The minimum atomic E-state index is 0.715. The first-order valence-corrected chi connectivity index (χ1v) is 6.73. The van der Waals surface area contributed by atoms with Crippen molar-refractivity contribution in [2.24, 2.45) is 11.7 Å². The van der Waals surface area contributed by atoms with Crippen molar-refractivity contribution in [3.05, 3.63) is 28.2 Å². The summed E-state index contributed by atoms with van der Waals surface area (Å²) in [6.07, 6.45) is 2.26. The fourth-order valence-electron chi connectivity index (χ4n) is 2.37. The number of hydrogen-bond donors (Lipinski definition) is 1. The number of halogens is 1. The molecule has 0 bridgehead atoms. The van der Waals surface area contributed by atoms with Gasteiger partial charge >= 0.3 is 0 Å². The summed E-state index contributed by atoms with van der Waals surface area (Å²) >= 11 is 3.53. The number of nitrogens with zero attached hydrogens (tertiary/aromatic N) is 1. The molecule has 1 unspecified atom stereocenters. The first-order chi connectivity index (χ1) is 7.70. The van der Waals surface area contributed by atoms with Gasteiger partial charge in [-0.3, -0.25) is 0 Å². The molecule has 1 heterocycles. The molecule has 88 valence electrons. The van der Waals surface area contributed by atoms with Gasteiger partial charge in [0.05, 0.1) is 0 Å². The van der Waals surface area contributed by atoms with Crippen molar-refractivity contribution in [1.29, 1.82) is 0 Å². The lowest BCUT2D eigenvalue weighted by Gasteiger charge is -2.22. The Hall–Kier alpha value is -0.540. The van der Waals surface area contributed by atoms with Gasteiger partial charge < -0.3 is 10.6 Å². The zero-order chi connectivity index (χ0) is 11.5. The molecular formula is C13H19BrN2. The maximum absolute atomic E-state index is 5.67. The highest BCUT2D eigenvalue weighted by atomic mass is 79.9. The zero-order valence-corrected chi connectivity index (χ0v) is 11.3. The van der Waals surface area contributed by atoms with Gasteiger partial charge in [-0.05, 0) is 49.1 Å². The number of hydrogen-bond acceptors (Lipinski definition) is 2. The lowest BCUT2D eigenvalue weighted by molar-refractivity contribution is 0.659. The molecule has 1 aromatic carbocycles. The summed E-state index contributed by atoms with van der Waals surface area (Å²) in [5.74, 6) is 0.814. The van der Waals surface area contributed by atoms with Gasteiger partial charge in [0.25, 0.3) is 0 Å². The van der Waals surface area contributed by atoms with Crippen LogP contribution in [-0.2, 0) is 6.42 Å². The van der Waals surface area contributed by atoms with Gasteiger partial charge in [0.2, 0.25) is 0 Å². The third-order valence-electron chi connectivity index (χ3n) is 3.22. The molecule has 2 rings (SSSR count). The summed E-state index contributed by atoms with van der Waals surface area (Å²) in [6.45, 7) is 5.40. The number of nitrogens with two attached hydrogens (primary N) is 1. The van der Waals surface area contributed by atoms with Crippen LogP contribution in [0.5, 0.6) is 0 Å². The van der Waals surface area contributed by atoms with E-state index in [9.17, 15) is 0 Å². The van der Waals surface area contributed by atoms with E-state index in [4.69, 9.17) is 5.73 Å². The summed E-state index contributed by atoms with van der Waals surface area (Å²) in [5.41, 5.74) is 8.41. The fourth-order valence-corrected chi connectivity index (χ4v) is 2.78. The van der Waals surface area contributed by atoms with E-state index in [1.54, 1.807) is 0 Å². The van der Waals surface area contributed by atoms with Crippen LogP contribution in [0.15, 0.2) is 22.7 Å². The van der Waals surface area contributed by atoms with Crippen molar-refractivity contribution < 1.29 is 0 Å². The van der Waals surface area contributed by atoms with Crippen molar-refractivity contribution >= 4 is 21.6 Å². The standard InChI is InChI=1S/C13H19BrN2/c1-10-5-7-16(9-10)13-3-2-12(14)8-11(13)4-6-15/h2-3,8,10H,4-7,9,15H2,1H3. The quantitative estimate of drug-likeness (QED) is 0.924. The van der Waals surface area contributed by atoms with Crippen LogP contribution in [0.2, 0.25) is 0 Å². The Bertz CT molecular complexity index is 365. The van der Waals surface area contributed by atoms with E-state index in [0.29, 0.717) is 6.54 Å². The van der Waals surface area contributed by atoms with Crippen LogP contribution >= 0.6 is 15.9 Å². The summed E-state index contributed by atoms with van der Waals surface area (Å²) in [5, 5.41) is 0. The van der Waals surface area contributed by atoms with Gasteiger partial charge in [0.1, 0.15) is 0 Å². The number of rotatable bonds is 3. The highest BCUT2D eigenvalue weighted by Gasteiger charge is 2.20. The van der Waals surface area contributed by atoms with Crippen LogP contribution in [0.25, 0.3) is 0 Å². The van der Waals surface area contributed by atoms with Crippen molar-refractivity contribution in [1.82, 2.24) is 0 Å². The Morgan fingerprint density at radius 3 is 2.94 bits per heavy atom. The van der Waals surface area contributed by atoms with E-state index < -0.39 is 0 Å². The highest BCUT2D eigenvalue weighted by molar-refractivity contribution is 9.10. The fraction of sp³-hybridized carbons (Fsp3) is 0.538. The summed E-state index contributed by atoms with van der Waals surface area (Å²) in [7, 11) is 0. The SMILES string of the molecule is CC1CCN(c2ccc(Br)cc2CCN)C1. The monoisotopic (exact) mass is 282 g/mol. The lowest BCUT2D eigenvalue weighted by Crippen LogP contribution is -2.21. The Morgan fingerprint density at radius 2 is 2.31 bits per heavy atom. The molecule has 0 saturated carbocycles.